The molecule has 2 heterocycles. The van der Waals surface area contributed by atoms with Crippen molar-refractivity contribution < 1.29 is 0 Å². The molecule has 0 aromatic carbocycles. The monoisotopic (exact) mass is 299 g/mol. The number of thiophene rings is 1. The summed E-state index contributed by atoms with van der Waals surface area (Å²) in [6.07, 6.45) is 2.07. The van der Waals surface area contributed by atoms with E-state index in [1.54, 1.807) is 11.3 Å². The molecule has 0 saturated carbocycles. The lowest BCUT2D eigenvalue weighted by Crippen LogP contribution is -2.06. The lowest BCUT2D eigenvalue weighted by molar-refractivity contribution is 0.809. The quantitative estimate of drug-likeness (QED) is 0.936. The number of hydrogen-bond acceptors (Lipinski definition) is 3. The number of nitrogens with zero attached hydrogens (tertiary/aromatic N) is 2. The first kappa shape index (κ1) is 11.7. The van der Waals surface area contributed by atoms with Gasteiger partial charge in [0, 0.05) is 22.1 Å². The first-order valence-corrected chi connectivity index (χ1v) is 6.87. The summed E-state index contributed by atoms with van der Waals surface area (Å²) in [7, 11) is 0. The van der Waals surface area contributed by atoms with Gasteiger partial charge in [-0.3, -0.25) is 0 Å². The van der Waals surface area contributed by atoms with E-state index in [1.165, 1.54) is 9.35 Å². The van der Waals surface area contributed by atoms with Crippen molar-refractivity contribution in [1.29, 1.82) is 0 Å². The zero-order valence-corrected chi connectivity index (χ0v) is 11.7. The van der Waals surface area contributed by atoms with Gasteiger partial charge < -0.3 is 9.88 Å². The molecule has 0 aliphatic carbocycles. The number of nitrogens with one attached hydrogen (secondary N) is 1. The summed E-state index contributed by atoms with van der Waals surface area (Å²) in [6, 6.07) is 2.08. The number of anilines is 1. The van der Waals surface area contributed by atoms with Gasteiger partial charge in [-0.1, -0.05) is 0 Å². The smallest absolute Gasteiger partial charge is 0.203 e. The Balaban J connectivity index is 2.23. The van der Waals surface area contributed by atoms with Crippen LogP contribution in [0.2, 0.25) is 0 Å². The molecule has 0 fully saturated rings. The summed E-state index contributed by atoms with van der Waals surface area (Å²) < 4.78 is 3.32. The van der Waals surface area contributed by atoms with Crippen LogP contribution in [0.3, 0.4) is 0 Å². The van der Waals surface area contributed by atoms with Gasteiger partial charge in [-0.2, -0.15) is 0 Å². The molecule has 1 N–H and O–H groups in total. The Morgan fingerprint density at radius 2 is 2.38 bits per heavy atom. The van der Waals surface area contributed by atoms with Gasteiger partial charge in [0.1, 0.15) is 0 Å². The molecule has 5 heteroatoms. The second-order valence-corrected chi connectivity index (χ2v) is 5.41. The fraction of sp³-hybridized carbons (Fsp3) is 0.364. The number of imidazole rings is 1. The second-order valence-electron chi connectivity index (χ2n) is 3.56. The van der Waals surface area contributed by atoms with E-state index < -0.39 is 0 Å². The molecule has 0 aliphatic heterocycles. The summed E-state index contributed by atoms with van der Waals surface area (Å²) in [5.41, 5.74) is 1.05. The maximum atomic E-state index is 4.45. The highest BCUT2D eigenvalue weighted by Gasteiger charge is 2.07. The van der Waals surface area contributed by atoms with Gasteiger partial charge >= 0.3 is 0 Å². The molecule has 0 spiro atoms. The first-order valence-electron chi connectivity index (χ1n) is 5.20. The van der Waals surface area contributed by atoms with Gasteiger partial charge in [0.2, 0.25) is 5.95 Å². The third-order valence-corrected chi connectivity index (χ3v) is 4.15. The topological polar surface area (TPSA) is 29.9 Å². The molecule has 86 valence electrons. The molecule has 2 rings (SSSR count). The average molecular weight is 300 g/mol. The summed E-state index contributed by atoms with van der Waals surface area (Å²) in [4.78, 5) is 5.77. The van der Waals surface area contributed by atoms with Gasteiger partial charge in [-0.25, -0.2) is 4.98 Å². The lowest BCUT2D eigenvalue weighted by Gasteiger charge is -2.07. The van der Waals surface area contributed by atoms with Crippen LogP contribution in [0.1, 0.15) is 17.5 Å². The van der Waals surface area contributed by atoms with E-state index in [9.17, 15) is 0 Å². The van der Waals surface area contributed by atoms with Crippen molar-refractivity contribution in [3.63, 3.8) is 0 Å². The van der Waals surface area contributed by atoms with Gasteiger partial charge in [0.25, 0.3) is 0 Å². The molecule has 0 bridgehead atoms. The highest BCUT2D eigenvalue weighted by Crippen LogP contribution is 2.24. The van der Waals surface area contributed by atoms with Crippen molar-refractivity contribution in [2.24, 2.45) is 0 Å². The van der Waals surface area contributed by atoms with Crippen molar-refractivity contribution in [3.8, 4) is 0 Å². The van der Waals surface area contributed by atoms with Crippen LogP contribution in [0, 0.1) is 6.92 Å². The molecule has 3 nitrogen and oxygen atoms in total. The molecule has 0 radical (unpaired) electrons. The van der Waals surface area contributed by atoms with Crippen LogP contribution in [0.15, 0.2) is 22.1 Å². The fourth-order valence-electron chi connectivity index (χ4n) is 1.56. The van der Waals surface area contributed by atoms with E-state index in [2.05, 4.69) is 55.4 Å². The molecule has 16 heavy (non-hydrogen) atoms. The number of halogens is 1. The van der Waals surface area contributed by atoms with Crippen molar-refractivity contribution in [2.45, 2.75) is 20.4 Å². The summed E-state index contributed by atoms with van der Waals surface area (Å²) in [5.74, 6) is 0.945. The van der Waals surface area contributed by atoms with Crippen LogP contribution in [0.5, 0.6) is 0 Å². The van der Waals surface area contributed by atoms with Crippen LogP contribution < -0.4 is 5.32 Å². The van der Waals surface area contributed by atoms with Crippen molar-refractivity contribution in [2.75, 3.05) is 11.9 Å². The van der Waals surface area contributed by atoms with Crippen LogP contribution in [-0.2, 0) is 6.54 Å². The molecule has 0 saturated heterocycles. The van der Waals surface area contributed by atoms with E-state index >= 15 is 0 Å². The summed E-state index contributed by atoms with van der Waals surface area (Å²) in [5, 5.41) is 5.36. The zero-order valence-electron chi connectivity index (χ0n) is 9.33. The van der Waals surface area contributed by atoms with Crippen LogP contribution in [0.25, 0.3) is 0 Å². The van der Waals surface area contributed by atoms with Crippen molar-refractivity contribution in [1.82, 2.24) is 9.55 Å². The van der Waals surface area contributed by atoms with E-state index in [-0.39, 0.29) is 0 Å². The van der Waals surface area contributed by atoms with Crippen molar-refractivity contribution in [3.05, 3.63) is 32.7 Å². The highest BCUT2D eigenvalue weighted by molar-refractivity contribution is 9.10. The summed E-state index contributed by atoms with van der Waals surface area (Å²) in [6.45, 7) is 5.85. The maximum absolute atomic E-state index is 4.45. The molecule has 0 atom stereocenters. The highest BCUT2D eigenvalue weighted by atomic mass is 79.9. The van der Waals surface area contributed by atoms with Crippen LogP contribution in [-0.4, -0.2) is 16.1 Å². The van der Waals surface area contributed by atoms with Crippen molar-refractivity contribution >= 4 is 33.2 Å². The SMILES string of the molecule is CCNc1nc(C)cn1Cc1sccc1Br. The lowest BCUT2D eigenvalue weighted by atomic mass is 10.4. The molecule has 0 aliphatic rings. The Morgan fingerprint density at radius 3 is 3.00 bits per heavy atom. The molecular weight excluding hydrogens is 286 g/mol. The van der Waals surface area contributed by atoms with Gasteiger partial charge in [-0.05, 0) is 41.2 Å². The van der Waals surface area contributed by atoms with Gasteiger partial charge in [0.05, 0.1) is 12.2 Å². The number of aryl methyl sites for hydroxylation is 1. The van der Waals surface area contributed by atoms with Gasteiger partial charge in [-0.15, -0.1) is 11.3 Å². The molecule has 2 aromatic rings. The fourth-order valence-corrected chi connectivity index (χ4v) is 3.03. The van der Waals surface area contributed by atoms with E-state index in [4.69, 9.17) is 0 Å². The minimum absolute atomic E-state index is 0.863. The Morgan fingerprint density at radius 1 is 1.56 bits per heavy atom. The third-order valence-electron chi connectivity index (χ3n) is 2.24. The Kier molecular flexibility index (Phi) is 3.66. The molecule has 0 unspecified atom stereocenters. The zero-order chi connectivity index (χ0) is 11.5. The normalized spacial score (nSPS) is 10.7. The maximum Gasteiger partial charge on any atom is 0.203 e. The average Bonchev–Trinajstić information content (AvgIpc) is 2.77. The Bertz CT molecular complexity index is 475. The summed E-state index contributed by atoms with van der Waals surface area (Å²) >= 11 is 5.31. The molecule has 2 aromatic heterocycles. The predicted octanol–water partition coefficient (Wildman–Crippen LogP) is 3.50. The second kappa shape index (κ2) is 5.01. The Labute approximate surface area is 108 Å². The standard InChI is InChI=1S/C11H14BrN3S/c1-3-13-11-14-8(2)6-15(11)7-10-9(12)4-5-16-10/h4-6H,3,7H2,1-2H3,(H,13,14). The Hall–Kier alpha value is -0.810. The van der Waals surface area contributed by atoms with Crippen LogP contribution >= 0.6 is 27.3 Å². The van der Waals surface area contributed by atoms with Crippen LogP contribution in [0.4, 0.5) is 5.95 Å². The molecule has 0 amide bonds. The first-order chi connectivity index (χ1) is 7.70. The number of hydrogen-bond donors (Lipinski definition) is 1. The number of rotatable bonds is 4. The number of aromatic nitrogens is 2. The van der Waals surface area contributed by atoms with E-state index in [1.807, 2.05) is 6.92 Å². The largest absolute Gasteiger partial charge is 0.356 e. The molecular formula is C11H14BrN3S. The van der Waals surface area contributed by atoms with Gasteiger partial charge in [0.15, 0.2) is 0 Å². The minimum atomic E-state index is 0.863. The minimum Gasteiger partial charge on any atom is -0.356 e. The van der Waals surface area contributed by atoms with E-state index in [0.29, 0.717) is 0 Å². The third kappa shape index (κ3) is 2.47. The predicted molar refractivity (Wildman–Crippen MR) is 72.2 cm³/mol. The van der Waals surface area contributed by atoms with E-state index in [0.717, 1.165) is 24.7 Å².